The Balaban J connectivity index is 2.54. The van der Waals surface area contributed by atoms with E-state index in [1.54, 1.807) is 11.3 Å². The normalized spacial score (nSPS) is 13.7. The Morgan fingerprint density at radius 3 is 3.25 bits per heavy atom. The lowest BCUT2D eigenvalue weighted by atomic mass is 10.1. The molecule has 0 bridgehead atoms. The largest absolute Gasteiger partial charge is 0.386 e. The summed E-state index contributed by atoms with van der Waals surface area (Å²) in [5, 5.41) is 4.88. The molecule has 0 spiro atoms. The molecule has 1 amide bonds. The Labute approximate surface area is 73.9 Å². The van der Waals surface area contributed by atoms with Crippen molar-refractivity contribution >= 4 is 23.3 Å². The standard InChI is InChI=1S/C8H8N2OS/c9-8(11)6-4-12-7-3-10-2-1-5(6)7/h1-2,4,10H,3H2,(H2,9,11). The van der Waals surface area contributed by atoms with Crippen molar-refractivity contribution in [1.82, 2.24) is 5.32 Å². The van der Waals surface area contributed by atoms with Crippen molar-refractivity contribution in [3.05, 3.63) is 27.6 Å². The van der Waals surface area contributed by atoms with Crippen LogP contribution in [-0.2, 0) is 6.54 Å². The molecule has 2 rings (SSSR count). The van der Waals surface area contributed by atoms with E-state index in [0.29, 0.717) is 5.56 Å². The monoisotopic (exact) mass is 180 g/mol. The minimum atomic E-state index is -0.348. The van der Waals surface area contributed by atoms with Gasteiger partial charge in [0, 0.05) is 22.4 Å². The molecule has 1 aliphatic heterocycles. The van der Waals surface area contributed by atoms with E-state index in [1.807, 2.05) is 17.7 Å². The van der Waals surface area contributed by atoms with Gasteiger partial charge in [0.05, 0.1) is 5.56 Å². The molecule has 0 atom stereocenters. The van der Waals surface area contributed by atoms with Crippen molar-refractivity contribution in [2.75, 3.05) is 0 Å². The molecular formula is C8H8N2OS. The maximum atomic E-state index is 10.9. The highest BCUT2D eigenvalue weighted by atomic mass is 32.1. The third kappa shape index (κ3) is 1.00. The first-order valence-electron chi connectivity index (χ1n) is 3.59. The lowest BCUT2D eigenvalue weighted by molar-refractivity contribution is 0.100. The molecule has 0 unspecified atom stereocenters. The SMILES string of the molecule is NC(=O)c1csc2c1C=CNC2. The number of primary amides is 1. The smallest absolute Gasteiger partial charge is 0.250 e. The van der Waals surface area contributed by atoms with Gasteiger partial charge >= 0.3 is 0 Å². The summed E-state index contributed by atoms with van der Waals surface area (Å²) < 4.78 is 0. The molecule has 0 saturated heterocycles. The number of thiophene rings is 1. The second kappa shape index (κ2) is 2.64. The lowest BCUT2D eigenvalue weighted by Crippen LogP contribution is -2.14. The minimum absolute atomic E-state index is 0.348. The molecule has 0 saturated carbocycles. The fourth-order valence-corrected chi connectivity index (χ4v) is 2.19. The van der Waals surface area contributed by atoms with E-state index in [9.17, 15) is 4.79 Å². The minimum Gasteiger partial charge on any atom is -0.386 e. The van der Waals surface area contributed by atoms with Gasteiger partial charge in [0.15, 0.2) is 0 Å². The highest BCUT2D eigenvalue weighted by Gasteiger charge is 2.14. The molecule has 3 N–H and O–H groups in total. The Kier molecular flexibility index (Phi) is 1.62. The average molecular weight is 180 g/mol. The fourth-order valence-electron chi connectivity index (χ4n) is 1.21. The van der Waals surface area contributed by atoms with E-state index < -0.39 is 0 Å². The van der Waals surface area contributed by atoms with Crippen LogP contribution in [0.1, 0.15) is 20.8 Å². The van der Waals surface area contributed by atoms with Gasteiger partial charge in [-0.3, -0.25) is 4.79 Å². The van der Waals surface area contributed by atoms with E-state index >= 15 is 0 Å². The summed E-state index contributed by atoms with van der Waals surface area (Å²) in [6, 6.07) is 0. The number of hydrogen-bond donors (Lipinski definition) is 2. The molecule has 2 heterocycles. The fraction of sp³-hybridized carbons (Fsp3) is 0.125. The van der Waals surface area contributed by atoms with Crippen LogP contribution >= 0.6 is 11.3 Å². The average Bonchev–Trinajstić information content (AvgIpc) is 2.47. The number of amides is 1. The summed E-state index contributed by atoms with van der Waals surface area (Å²) in [4.78, 5) is 12.1. The van der Waals surface area contributed by atoms with Gasteiger partial charge in [-0.25, -0.2) is 0 Å². The molecule has 12 heavy (non-hydrogen) atoms. The zero-order chi connectivity index (χ0) is 8.55. The third-order valence-electron chi connectivity index (χ3n) is 1.81. The molecule has 1 aromatic rings. The van der Waals surface area contributed by atoms with Crippen LogP contribution in [0.2, 0.25) is 0 Å². The number of rotatable bonds is 1. The topological polar surface area (TPSA) is 55.1 Å². The Morgan fingerprint density at radius 2 is 2.50 bits per heavy atom. The number of nitrogens with one attached hydrogen (secondary N) is 1. The van der Waals surface area contributed by atoms with E-state index in [0.717, 1.165) is 12.1 Å². The number of carbonyl (C=O) groups excluding carboxylic acids is 1. The molecule has 3 nitrogen and oxygen atoms in total. The van der Waals surface area contributed by atoms with E-state index in [-0.39, 0.29) is 5.91 Å². The van der Waals surface area contributed by atoms with Crippen molar-refractivity contribution in [3.63, 3.8) is 0 Å². The second-order valence-corrected chi connectivity index (χ2v) is 3.53. The first-order valence-corrected chi connectivity index (χ1v) is 4.47. The van der Waals surface area contributed by atoms with Crippen LogP contribution in [0.4, 0.5) is 0 Å². The summed E-state index contributed by atoms with van der Waals surface area (Å²) in [7, 11) is 0. The molecule has 0 radical (unpaired) electrons. The first-order chi connectivity index (χ1) is 5.79. The second-order valence-electron chi connectivity index (χ2n) is 2.56. The van der Waals surface area contributed by atoms with Crippen LogP contribution in [0.3, 0.4) is 0 Å². The van der Waals surface area contributed by atoms with Crippen LogP contribution in [-0.4, -0.2) is 5.91 Å². The van der Waals surface area contributed by atoms with Crippen molar-refractivity contribution in [2.24, 2.45) is 5.73 Å². The lowest BCUT2D eigenvalue weighted by Gasteiger charge is -2.06. The summed E-state index contributed by atoms with van der Waals surface area (Å²) in [6.45, 7) is 0.795. The predicted molar refractivity (Wildman–Crippen MR) is 48.7 cm³/mol. The zero-order valence-electron chi connectivity index (χ0n) is 6.33. The summed E-state index contributed by atoms with van der Waals surface area (Å²) in [6.07, 6.45) is 3.72. The molecular weight excluding hydrogens is 172 g/mol. The van der Waals surface area contributed by atoms with Gasteiger partial charge in [-0.1, -0.05) is 0 Å². The van der Waals surface area contributed by atoms with Crippen molar-refractivity contribution in [2.45, 2.75) is 6.54 Å². The quantitative estimate of drug-likeness (QED) is 0.675. The van der Waals surface area contributed by atoms with Gasteiger partial charge in [0.1, 0.15) is 0 Å². The van der Waals surface area contributed by atoms with E-state index in [2.05, 4.69) is 5.32 Å². The number of fused-ring (bicyclic) bond motifs is 1. The molecule has 62 valence electrons. The summed E-state index contributed by atoms with van der Waals surface area (Å²) in [5.74, 6) is -0.348. The Morgan fingerprint density at radius 1 is 1.67 bits per heavy atom. The van der Waals surface area contributed by atoms with Crippen LogP contribution in [0.5, 0.6) is 0 Å². The van der Waals surface area contributed by atoms with Gasteiger partial charge in [-0.2, -0.15) is 0 Å². The third-order valence-corrected chi connectivity index (χ3v) is 2.81. The van der Waals surface area contributed by atoms with Crippen molar-refractivity contribution in [3.8, 4) is 0 Å². The van der Waals surface area contributed by atoms with Crippen LogP contribution in [0, 0.1) is 0 Å². The van der Waals surface area contributed by atoms with Gasteiger partial charge in [0.25, 0.3) is 0 Å². The van der Waals surface area contributed by atoms with Crippen molar-refractivity contribution in [1.29, 1.82) is 0 Å². The van der Waals surface area contributed by atoms with E-state index in [1.165, 1.54) is 4.88 Å². The van der Waals surface area contributed by atoms with Crippen LogP contribution in [0.15, 0.2) is 11.6 Å². The Bertz CT molecular complexity index is 354. The van der Waals surface area contributed by atoms with Gasteiger partial charge in [-0.15, -0.1) is 11.3 Å². The molecule has 4 heteroatoms. The highest BCUT2D eigenvalue weighted by Crippen LogP contribution is 2.25. The first kappa shape index (κ1) is 7.36. The molecule has 0 aliphatic carbocycles. The van der Waals surface area contributed by atoms with Gasteiger partial charge < -0.3 is 11.1 Å². The van der Waals surface area contributed by atoms with E-state index in [4.69, 9.17) is 5.73 Å². The molecule has 0 aromatic carbocycles. The van der Waals surface area contributed by atoms with Gasteiger partial charge in [-0.05, 0) is 12.3 Å². The maximum Gasteiger partial charge on any atom is 0.250 e. The number of hydrogen-bond acceptors (Lipinski definition) is 3. The number of carbonyl (C=O) groups is 1. The van der Waals surface area contributed by atoms with Crippen LogP contribution in [0.25, 0.3) is 6.08 Å². The van der Waals surface area contributed by atoms with Gasteiger partial charge in [0.2, 0.25) is 5.91 Å². The summed E-state index contributed by atoms with van der Waals surface area (Å²) >= 11 is 1.57. The predicted octanol–water partition coefficient (Wildman–Crippen LogP) is 0.921. The van der Waals surface area contributed by atoms with Crippen molar-refractivity contribution < 1.29 is 4.79 Å². The molecule has 1 aromatic heterocycles. The summed E-state index contributed by atoms with van der Waals surface area (Å²) in [5.41, 5.74) is 6.81. The molecule has 1 aliphatic rings. The number of nitrogens with two attached hydrogens (primary N) is 1. The zero-order valence-corrected chi connectivity index (χ0v) is 7.15. The molecule has 0 fully saturated rings. The van der Waals surface area contributed by atoms with Crippen LogP contribution < -0.4 is 11.1 Å². The maximum absolute atomic E-state index is 10.9. The highest BCUT2D eigenvalue weighted by molar-refractivity contribution is 7.10. The Hall–Kier alpha value is -1.29.